The lowest BCUT2D eigenvalue weighted by Gasteiger charge is -2.24. The van der Waals surface area contributed by atoms with Gasteiger partial charge in [-0.1, -0.05) is 65.9 Å². The zero-order valence-corrected chi connectivity index (χ0v) is 19.2. The first-order chi connectivity index (χ1) is 15.0. The Balaban J connectivity index is 1.48. The van der Waals surface area contributed by atoms with E-state index in [0.29, 0.717) is 5.25 Å². The summed E-state index contributed by atoms with van der Waals surface area (Å²) >= 11 is 1.74. The molecule has 0 spiro atoms. The van der Waals surface area contributed by atoms with Crippen LogP contribution in [-0.4, -0.2) is 51.2 Å². The third-order valence-electron chi connectivity index (χ3n) is 5.41. The van der Waals surface area contributed by atoms with Gasteiger partial charge in [-0.2, -0.15) is 0 Å². The number of amides is 1. The molecular weight excluding hydrogens is 404 g/mol. The fourth-order valence-corrected chi connectivity index (χ4v) is 5.30. The molecule has 6 heteroatoms. The highest BCUT2D eigenvalue weighted by atomic mass is 32.2. The second kappa shape index (κ2) is 9.71. The number of fused-ring (bicyclic) bond motifs is 1. The van der Waals surface area contributed by atoms with Crippen LogP contribution in [0.4, 0.5) is 0 Å². The lowest BCUT2D eigenvalue weighted by Crippen LogP contribution is -2.45. The molecular formula is C25H30N4OS. The average Bonchev–Trinajstić information content (AvgIpc) is 3.31. The molecule has 0 unspecified atom stereocenters. The van der Waals surface area contributed by atoms with Crippen LogP contribution in [-0.2, 0) is 4.79 Å². The summed E-state index contributed by atoms with van der Waals surface area (Å²) in [7, 11) is 0. The molecule has 1 aliphatic heterocycles. The Hall–Kier alpha value is -2.57. The van der Waals surface area contributed by atoms with Crippen molar-refractivity contribution in [2.24, 2.45) is 0 Å². The molecule has 3 aromatic rings. The molecule has 0 saturated carbocycles. The lowest BCUT2D eigenvalue weighted by atomic mass is 10.1. The smallest absolute Gasteiger partial charge is 0.237 e. The quantitative estimate of drug-likeness (QED) is 0.565. The Morgan fingerprint density at radius 1 is 1.23 bits per heavy atom. The third-order valence-corrected chi connectivity index (χ3v) is 6.50. The highest BCUT2D eigenvalue weighted by molar-refractivity contribution is 7.99. The molecule has 0 aliphatic carbocycles. The van der Waals surface area contributed by atoms with Crippen LogP contribution in [0, 0.1) is 0 Å². The molecule has 1 amide bonds. The second-order valence-corrected chi connectivity index (χ2v) is 9.83. The number of nitrogens with one attached hydrogen (secondary N) is 2. The third kappa shape index (κ3) is 5.57. The maximum absolute atomic E-state index is 12.9. The maximum atomic E-state index is 12.9. The number of carbonyl (C=O) groups excluding carboxylic acids is 1. The van der Waals surface area contributed by atoms with Crippen molar-refractivity contribution in [3.05, 3.63) is 65.7 Å². The molecule has 31 heavy (non-hydrogen) atoms. The number of thioether (sulfide) groups is 1. The highest BCUT2D eigenvalue weighted by Gasteiger charge is 2.37. The van der Waals surface area contributed by atoms with E-state index in [4.69, 9.17) is 4.98 Å². The standard InChI is InChI=1S/C25H30N4OS/c1-17(2)26-24(30)23-14-20(31-25-27-21-11-7-8-12-22(21)28-25)16-29(23)15-18(3)13-19-9-5-4-6-10-19/h4-13,17,20,23H,14-16H2,1-3H3,(H,26,30)(H,27,28)/t20-,23+/m1/s1. The number of hydrogen-bond donors (Lipinski definition) is 2. The Morgan fingerprint density at radius 3 is 2.71 bits per heavy atom. The number of aromatic nitrogens is 2. The van der Waals surface area contributed by atoms with Gasteiger partial charge in [0, 0.05) is 24.4 Å². The lowest BCUT2D eigenvalue weighted by molar-refractivity contribution is -0.125. The van der Waals surface area contributed by atoms with E-state index in [1.165, 1.54) is 11.1 Å². The number of carbonyl (C=O) groups is 1. The van der Waals surface area contributed by atoms with Crippen molar-refractivity contribution in [1.82, 2.24) is 20.2 Å². The van der Waals surface area contributed by atoms with Crippen molar-refractivity contribution in [3.8, 4) is 0 Å². The molecule has 4 rings (SSSR count). The zero-order valence-electron chi connectivity index (χ0n) is 18.3. The molecule has 2 atom stereocenters. The van der Waals surface area contributed by atoms with E-state index in [2.05, 4.69) is 40.3 Å². The van der Waals surface area contributed by atoms with E-state index in [0.717, 1.165) is 35.7 Å². The second-order valence-electron chi connectivity index (χ2n) is 8.54. The summed E-state index contributed by atoms with van der Waals surface area (Å²) < 4.78 is 0. The number of H-pyrrole nitrogens is 1. The van der Waals surface area contributed by atoms with Crippen LogP contribution in [0.2, 0.25) is 0 Å². The Bertz CT molecular complexity index is 1030. The summed E-state index contributed by atoms with van der Waals surface area (Å²) in [6.07, 6.45) is 3.02. The SMILES string of the molecule is CC(=Cc1ccccc1)CN1C[C@H](Sc2nc3ccccc3[nH]2)C[C@H]1C(=O)NC(C)C. The van der Waals surface area contributed by atoms with Gasteiger partial charge in [0.2, 0.25) is 5.91 Å². The molecule has 5 nitrogen and oxygen atoms in total. The fourth-order valence-electron chi connectivity index (χ4n) is 4.12. The van der Waals surface area contributed by atoms with Crippen LogP contribution in [0.5, 0.6) is 0 Å². The minimum atomic E-state index is -0.122. The van der Waals surface area contributed by atoms with Crippen LogP contribution < -0.4 is 5.32 Å². The van der Waals surface area contributed by atoms with Crippen LogP contribution in [0.15, 0.2) is 65.3 Å². The number of para-hydroxylation sites is 2. The molecule has 0 radical (unpaired) electrons. The summed E-state index contributed by atoms with van der Waals surface area (Å²) in [5.41, 5.74) is 4.48. The first kappa shape index (κ1) is 21.7. The summed E-state index contributed by atoms with van der Waals surface area (Å²) in [5, 5.41) is 4.35. The van der Waals surface area contributed by atoms with Gasteiger partial charge in [-0.05, 0) is 44.9 Å². The first-order valence-electron chi connectivity index (χ1n) is 10.9. The van der Waals surface area contributed by atoms with Crippen LogP contribution in [0.1, 0.15) is 32.8 Å². The predicted octanol–water partition coefficient (Wildman–Crippen LogP) is 4.73. The summed E-state index contributed by atoms with van der Waals surface area (Å²) in [5.74, 6) is 0.121. The van der Waals surface area contributed by atoms with Crippen LogP contribution in [0.25, 0.3) is 17.1 Å². The van der Waals surface area contributed by atoms with Crippen molar-refractivity contribution in [1.29, 1.82) is 0 Å². The van der Waals surface area contributed by atoms with Crippen LogP contribution in [0.3, 0.4) is 0 Å². The number of imidazole rings is 1. The van der Waals surface area contributed by atoms with E-state index in [-0.39, 0.29) is 18.0 Å². The van der Waals surface area contributed by atoms with Crippen molar-refractivity contribution in [2.45, 2.75) is 49.7 Å². The molecule has 1 aromatic heterocycles. The molecule has 2 aromatic carbocycles. The van der Waals surface area contributed by atoms with Crippen molar-refractivity contribution in [3.63, 3.8) is 0 Å². The van der Waals surface area contributed by atoms with Crippen molar-refractivity contribution >= 4 is 34.8 Å². The van der Waals surface area contributed by atoms with Gasteiger partial charge in [0.15, 0.2) is 5.16 Å². The first-order valence-corrected chi connectivity index (χ1v) is 11.7. The summed E-state index contributed by atoms with van der Waals surface area (Å²) in [4.78, 5) is 23.4. The monoisotopic (exact) mass is 434 g/mol. The molecule has 1 aliphatic rings. The molecule has 1 saturated heterocycles. The van der Waals surface area contributed by atoms with E-state index in [9.17, 15) is 4.79 Å². The number of aromatic amines is 1. The van der Waals surface area contributed by atoms with Gasteiger partial charge in [-0.25, -0.2) is 4.98 Å². The van der Waals surface area contributed by atoms with Gasteiger partial charge in [-0.3, -0.25) is 9.69 Å². The molecule has 2 N–H and O–H groups in total. The number of hydrogen-bond acceptors (Lipinski definition) is 4. The van der Waals surface area contributed by atoms with E-state index in [1.807, 2.05) is 56.3 Å². The van der Waals surface area contributed by atoms with Gasteiger partial charge in [0.1, 0.15) is 0 Å². The summed E-state index contributed by atoms with van der Waals surface area (Å²) in [6, 6.07) is 18.4. The minimum Gasteiger partial charge on any atom is -0.353 e. The highest BCUT2D eigenvalue weighted by Crippen LogP contribution is 2.33. The number of likely N-dealkylation sites (tertiary alicyclic amines) is 1. The molecule has 1 fully saturated rings. The number of benzene rings is 2. The van der Waals surface area contributed by atoms with Gasteiger partial charge in [0.05, 0.1) is 17.1 Å². The van der Waals surface area contributed by atoms with E-state index >= 15 is 0 Å². The normalized spacial score (nSPS) is 19.9. The Kier molecular flexibility index (Phi) is 6.78. The molecule has 2 heterocycles. The van der Waals surface area contributed by atoms with E-state index in [1.54, 1.807) is 11.8 Å². The van der Waals surface area contributed by atoms with E-state index < -0.39 is 0 Å². The summed E-state index contributed by atoms with van der Waals surface area (Å²) in [6.45, 7) is 7.81. The molecule has 162 valence electrons. The minimum absolute atomic E-state index is 0.121. The Morgan fingerprint density at radius 2 is 1.97 bits per heavy atom. The van der Waals surface area contributed by atoms with Gasteiger partial charge in [0.25, 0.3) is 0 Å². The Labute approximate surface area is 188 Å². The predicted molar refractivity (Wildman–Crippen MR) is 129 cm³/mol. The molecule has 0 bridgehead atoms. The van der Waals surface area contributed by atoms with Crippen LogP contribution >= 0.6 is 11.8 Å². The topological polar surface area (TPSA) is 61.0 Å². The van der Waals surface area contributed by atoms with Gasteiger partial charge >= 0.3 is 0 Å². The van der Waals surface area contributed by atoms with Crippen molar-refractivity contribution in [2.75, 3.05) is 13.1 Å². The van der Waals surface area contributed by atoms with Gasteiger partial charge < -0.3 is 10.3 Å². The van der Waals surface area contributed by atoms with Crippen molar-refractivity contribution < 1.29 is 4.79 Å². The number of rotatable bonds is 7. The zero-order chi connectivity index (χ0) is 21.8. The largest absolute Gasteiger partial charge is 0.353 e. The maximum Gasteiger partial charge on any atom is 0.237 e. The average molecular weight is 435 g/mol. The van der Waals surface area contributed by atoms with Gasteiger partial charge in [-0.15, -0.1) is 0 Å². The number of nitrogens with zero attached hydrogens (tertiary/aromatic N) is 2. The fraction of sp³-hybridized carbons (Fsp3) is 0.360.